The Balaban J connectivity index is 1.75. The van der Waals surface area contributed by atoms with Gasteiger partial charge in [-0.15, -0.1) is 0 Å². The van der Waals surface area contributed by atoms with Gasteiger partial charge in [-0.1, -0.05) is 32.0 Å². The third-order valence-corrected chi connectivity index (χ3v) is 6.80. The fraction of sp³-hybridized carbons (Fsp3) is 0.417. The Hall–Kier alpha value is -2.87. The highest BCUT2D eigenvalue weighted by atomic mass is 32.2. The Morgan fingerprint density at radius 3 is 2.50 bits per heavy atom. The largest absolute Gasteiger partial charge is 0.355 e. The average Bonchev–Trinajstić information content (AvgIpc) is 3.23. The van der Waals surface area contributed by atoms with Gasteiger partial charge in [-0.25, -0.2) is 8.42 Å². The summed E-state index contributed by atoms with van der Waals surface area (Å²) in [5, 5.41) is 2.77. The zero-order valence-electron chi connectivity index (χ0n) is 18.8. The van der Waals surface area contributed by atoms with Crippen LogP contribution in [0.15, 0.2) is 53.4 Å². The molecule has 3 rings (SSSR count). The van der Waals surface area contributed by atoms with Gasteiger partial charge in [0, 0.05) is 24.3 Å². The van der Waals surface area contributed by atoms with Crippen LogP contribution in [0.1, 0.15) is 49.5 Å². The zero-order valence-corrected chi connectivity index (χ0v) is 19.6. The molecule has 2 aromatic carbocycles. The molecule has 2 N–H and O–H groups in total. The number of likely N-dealkylation sites (N-methyl/N-ethyl adjacent to an activating group) is 1. The predicted octanol–water partition coefficient (Wildman–Crippen LogP) is 3.43. The molecule has 0 bridgehead atoms. The summed E-state index contributed by atoms with van der Waals surface area (Å²) in [4.78, 5) is 27.1. The molecule has 0 aliphatic carbocycles. The van der Waals surface area contributed by atoms with E-state index in [-0.39, 0.29) is 16.7 Å². The number of hydrogen-bond acceptors (Lipinski definition) is 4. The third kappa shape index (κ3) is 5.68. The summed E-state index contributed by atoms with van der Waals surface area (Å²) >= 11 is 0. The predicted molar refractivity (Wildman–Crippen MR) is 125 cm³/mol. The maximum atomic E-state index is 13.0. The van der Waals surface area contributed by atoms with Gasteiger partial charge < -0.3 is 10.2 Å². The average molecular weight is 458 g/mol. The summed E-state index contributed by atoms with van der Waals surface area (Å²) in [6.07, 6.45) is 2.26. The van der Waals surface area contributed by atoms with Crippen LogP contribution in [0.5, 0.6) is 0 Å². The van der Waals surface area contributed by atoms with Gasteiger partial charge in [0.25, 0.3) is 15.9 Å². The molecule has 32 heavy (non-hydrogen) atoms. The lowest BCUT2D eigenvalue weighted by atomic mass is 10.0. The molecule has 1 heterocycles. The molecule has 0 saturated carbocycles. The summed E-state index contributed by atoms with van der Waals surface area (Å²) in [7, 11) is -3.79. The molecule has 1 atom stereocenters. The summed E-state index contributed by atoms with van der Waals surface area (Å²) in [5.74, 6) is 0.0491. The Kier molecular flexibility index (Phi) is 7.56. The Labute approximate surface area is 190 Å². The number of carbonyl (C=O) groups is 2. The van der Waals surface area contributed by atoms with E-state index in [0.29, 0.717) is 36.7 Å². The first kappa shape index (κ1) is 23.8. The Bertz CT molecular complexity index is 1060. The van der Waals surface area contributed by atoms with E-state index in [4.69, 9.17) is 0 Å². The van der Waals surface area contributed by atoms with Crippen LogP contribution in [0.25, 0.3) is 0 Å². The van der Waals surface area contributed by atoms with Gasteiger partial charge in [-0.05, 0) is 68.0 Å². The second kappa shape index (κ2) is 10.2. The quantitative estimate of drug-likeness (QED) is 0.635. The fourth-order valence-electron chi connectivity index (χ4n) is 3.95. The molecule has 7 nitrogen and oxygen atoms in total. The third-order valence-electron chi connectivity index (χ3n) is 5.41. The van der Waals surface area contributed by atoms with Gasteiger partial charge in [-0.2, -0.15) is 0 Å². The minimum atomic E-state index is -3.79. The zero-order chi connectivity index (χ0) is 23.3. The number of sulfonamides is 1. The smallest absolute Gasteiger partial charge is 0.261 e. The van der Waals surface area contributed by atoms with Crippen molar-refractivity contribution in [1.82, 2.24) is 10.2 Å². The van der Waals surface area contributed by atoms with Gasteiger partial charge in [0.2, 0.25) is 5.91 Å². The molecule has 1 saturated heterocycles. The van der Waals surface area contributed by atoms with Crippen molar-refractivity contribution in [3.8, 4) is 0 Å². The standard InChI is InChI=1S/C24H31N3O4S/c1-4-25-23(28)22-9-6-14-27(22)24(29)19-7-5-8-20(16-19)26-32(30,31)21-12-10-18(11-13-21)15-17(2)3/h5,7-8,10-13,16-17,22,26H,4,6,9,14-15H2,1-3H3,(H,25,28)/t22-/m1/s1. The number of hydrogen-bond donors (Lipinski definition) is 2. The molecule has 0 unspecified atom stereocenters. The monoisotopic (exact) mass is 457 g/mol. The van der Waals surface area contributed by atoms with Crippen molar-refractivity contribution in [1.29, 1.82) is 0 Å². The van der Waals surface area contributed by atoms with Crippen molar-refractivity contribution in [2.24, 2.45) is 5.92 Å². The van der Waals surface area contributed by atoms with Crippen LogP contribution in [0, 0.1) is 5.92 Å². The van der Waals surface area contributed by atoms with Crippen LogP contribution in [0.2, 0.25) is 0 Å². The molecule has 1 fully saturated rings. The highest BCUT2D eigenvalue weighted by Gasteiger charge is 2.34. The van der Waals surface area contributed by atoms with Crippen molar-refractivity contribution < 1.29 is 18.0 Å². The summed E-state index contributed by atoms with van der Waals surface area (Å²) < 4.78 is 28.2. The molecule has 0 spiro atoms. The molecular weight excluding hydrogens is 426 g/mol. The first-order chi connectivity index (χ1) is 15.2. The van der Waals surface area contributed by atoms with E-state index in [1.165, 1.54) is 6.07 Å². The Morgan fingerprint density at radius 2 is 1.84 bits per heavy atom. The molecule has 8 heteroatoms. The van der Waals surface area contributed by atoms with Gasteiger partial charge in [0.15, 0.2) is 0 Å². The number of likely N-dealkylation sites (tertiary alicyclic amines) is 1. The number of nitrogens with zero attached hydrogens (tertiary/aromatic N) is 1. The summed E-state index contributed by atoms with van der Waals surface area (Å²) in [5.41, 5.74) is 1.73. The fourth-order valence-corrected chi connectivity index (χ4v) is 5.00. The lowest BCUT2D eigenvalue weighted by Crippen LogP contribution is -2.45. The van der Waals surface area contributed by atoms with Gasteiger partial charge in [0.1, 0.15) is 6.04 Å². The van der Waals surface area contributed by atoms with E-state index in [0.717, 1.165) is 18.4 Å². The van der Waals surface area contributed by atoms with Crippen LogP contribution in [0.4, 0.5) is 5.69 Å². The second-order valence-electron chi connectivity index (χ2n) is 8.48. The van der Waals surface area contributed by atoms with Crippen LogP contribution < -0.4 is 10.0 Å². The minimum Gasteiger partial charge on any atom is -0.355 e. The molecule has 2 aromatic rings. The van der Waals surface area contributed by atoms with Crippen LogP contribution >= 0.6 is 0 Å². The van der Waals surface area contributed by atoms with Crippen molar-refractivity contribution in [2.45, 2.75) is 51.0 Å². The first-order valence-electron chi connectivity index (χ1n) is 11.0. The molecular formula is C24H31N3O4S. The normalized spacial score (nSPS) is 16.2. The maximum Gasteiger partial charge on any atom is 0.261 e. The molecule has 0 aromatic heterocycles. The van der Waals surface area contributed by atoms with E-state index in [9.17, 15) is 18.0 Å². The number of benzene rings is 2. The number of carbonyl (C=O) groups excluding carboxylic acids is 2. The van der Waals surface area contributed by atoms with Crippen molar-refractivity contribution >= 4 is 27.5 Å². The SMILES string of the molecule is CCNC(=O)[C@H]1CCCN1C(=O)c1cccc(NS(=O)(=O)c2ccc(CC(C)C)cc2)c1. The van der Waals surface area contributed by atoms with Crippen molar-refractivity contribution in [3.05, 3.63) is 59.7 Å². The molecule has 1 aliphatic heterocycles. The van der Waals surface area contributed by atoms with Crippen LogP contribution in [0.3, 0.4) is 0 Å². The summed E-state index contributed by atoms with van der Waals surface area (Å²) in [6, 6.07) is 12.7. The van der Waals surface area contributed by atoms with Crippen LogP contribution in [-0.2, 0) is 21.2 Å². The lowest BCUT2D eigenvalue weighted by molar-refractivity contribution is -0.124. The summed E-state index contributed by atoms with van der Waals surface area (Å²) in [6.45, 7) is 7.07. The minimum absolute atomic E-state index is 0.156. The molecule has 172 valence electrons. The molecule has 1 aliphatic rings. The van der Waals surface area contributed by atoms with Crippen molar-refractivity contribution in [3.63, 3.8) is 0 Å². The number of nitrogens with one attached hydrogen (secondary N) is 2. The van der Waals surface area contributed by atoms with Crippen LogP contribution in [-0.4, -0.2) is 44.3 Å². The Morgan fingerprint density at radius 1 is 1.12 bits per heavy atom. The highest BCUT2D eigenvalue weighted by molar-refractivity contribution is 7.92. The van der Waals surface area contributed by atoms with E-state index in [1.807, 2.05) is 19.1 Å². The van der Waals surface area contributed by atoms with Gasteiger partial charge in [0.05, 0.1) is 4.90 Å². The van der Waals surface area contributed by atoms with Gasteiger partial charge in [-0.3, -0.25) is 14.3 Å². The molecule has 0 radical (unpaired) electrons. The second-order valence-corrected chi connectivity index (χ2v) is 10.2. The van der Waals surface area contributed by atoms with E-state index >= 15 is 0 Å². The highest BCUT2D eigenvalue weighted by Crippen LogP contribution is 2.23. The van der Waals surface area contributed by atoms with Gasteiger partial charge >= 0.3 is 0 Å². The molecule has 2 amide bonds. The topological polar surface area (TPSA) is 95.6 Å². The van der Waals surface area contributed by atoms with Crippen molar-refractivity contribution in [2.75, 3.05) is 17.8 Å². The van der Waals surface area contributed by atoms with E-state index < -0.39 is 16.1 Å². The van der Waals surface area contributed by atoms with E-state index in [1.54, 1.807) is 35.2 Å². The number of amides is 2. The number of rotatable bonds is 8. The first-order valence-corrected chi connectivity index (χ1v) is 12.5. The van der Waals surface area contributed by atoms with E-state index in [2.05, 4.69) is 23.9 Å². The maximum absolute atomic E-state index is 13.0. The number of anilines is 1. The lowest BCUT2D eigenvalue weighted by Gasteiger charge is -2.24.